The van der Waals surface area contributed by atoms with Crippen LogP contribution in [-0.2, 0) is 0 Å². The zero-order chi connectivity index (χ0) is 16.9. The number of hydrogen-bond donors (Lipinski definition) is 1. The Kier molecular flexibility index (Phi) is 4.86. The van der Waals surface area contributed by atoms with Crippen LogP contribution < -0.4 is 10.1 Å². The van der Waals surface area contributed by atoms with E-state index >= 15 is 0 Å². The monoisotopic (exact) mass is 339 g/mol. The molecule has 3 rings (SSSR count). The molecule has 1 amide bonds. The number of hydrogen-bond acceptors (Lipinski definition) is 5. The van der Waals surface area contributed by atoms with Crippen LogP contribution in [-0.4, -0.2) is 21.9 Å². The van der Waals surface area contributed by atoms with Gasteiger partial charge < -0.3 is 4.74 Å². The van der Waals surface area contributed by atoms with Crippen molar-refractivity contribution in [2.75, 3.05) is 11.9 Å². The van der Waals surface area contributed by atoms with Gasteiger partial charge in [0.15, 0.2) is 5.82 Å². The van der Waals surface area contributed by atoms with E-state index in [4.69, 9.17) is 4.74 Å². The number of ether oxygens (including phenoxy) is 1. The van der Waals surface area contributed by atoms with Gasteiger partial charge in [0.1, 0.15) is 5.75 Å². The summed E-state index contributed by atoms with van der Waals surface area (Å²) >= 11 is 1.16. The molecule has 0 spiro atoms. The summed E-state index contributed by atoms with van der Waals surface area (Å²) in [6.45, 7) is 4.55. The number of amides is 1. The summed E-state index contributed by atoms with van der Waals surface area (Å²) in [6.07, 6.45) is 0. The van der Waals surface area contributed by atoms with E-state index < -0.39 is 0 Å². The number of carbonyl (C=O) groups is 1. The Hall–Kier alpha value is -2.73. The van der Waals surface area contributed by atoms with E-state index in [-0.39, 0.29) is 5.91 Å². The van der Waals surface area contributed by atoms with Crippen molar-refractivity contribution in [3.63, 3.8) is 0 Å². The molecule has 0 atom stereocenters. The third-order valence-electron chi connectivity index (χ3n) is 3.38. The van der Waals surface area contributed by atoms with Crippen LogP contribution in [0.2, 0.25) is 0 Å². The molecule has 0 aliphatic carbocycles. The SMILES string of the molecule is CCOc1ccc(-c2nsc(NC(=O)c3ccc(C)cc3)n2)cc1. The Balaban J connectivity index is 1.71. The highest BCUT2D eigenvalue weighted by atomic mass is 32.1. The maximum atomic E-state index is 12.2. The predicted octanol–water partition coefficient (Wildman–Crippen LogP) is 4.16. The first kappa shape index (κ1) is 16.1. The number of carbonyl (C=O) groups excluding carboxylic acids is 1. The highest BCUT2D eigenvalue weighted by Gasteiger charge is 2.11. The molecule has 0 saturated heterocycles. The number of nitrogens with zero attached hydrogens (tertiary/aromatic N) is 2. The van der Waals surface area contributed by atoms with Gasteiger partial charge in [-0.2, -0.15) is 9.36 Å². The Labute approximate surface area is 144 Å². The topological polar surface area (TPSA) is 64.1 Å². The van der Waals surface area contributed by atoms with E-state index in [2.05, 4.69) is 14.7 Å². The zero-order valence-corrected chi connectivity index (χ0v) is 14.3. The minimum Gasteiger partial charge on any atom is -0.494 e. The quantitative estimate of drug-likeness (QED) is 0.758. The van der Waals surface area contributed by atoms with Crippen molar-refractivity contribution in [1.29, 1.82) is 0 Å². The number of anilines is 1. The van der Waals surface area contributed by atoms with E-state index in [0.717, 1.165) is 28.4 Å². The van der Waals surface area contributed by atoms with Crippen LogP contribution in [0.5, 0.6) is 5.75 Å². The Bertz CT molecular complexity index is 826. The van der Waals surface area contributed by atoms with Gasteiger partial charge in [-0.3, -0.25) is 10.1 Å². The minimum atomic E-state index is -0.190. The number of aryl methyl sites for hydroxylation is 1. The van der Waals surface area contributed by atoms with Gasteiger partial charge in [-0.05, 0) is 50.2 Å². The van der Waals surface area contributed by atoms with E-state index in [1.807, 2.05) is 50.2 Å². The van der Waals surface area contributed by atoms with Gasteiger partial charge in [0.25, 0.3) is 5.91 Å². The van der Waals surface area contributed by atoms with Gasteiger partial charge in [0, 0.05) is 22.7 Å². The summed E-state index contributed by atoms with van der Waals surface area (Å²) in [5, 5.41) is 3.26. The first-order chi connectivity index (χ1) is 11.7. The first-order valence-electron chi connectivity index (χ1n) is 7.60. The largest absolute Gasteiger partial charge is 0.494 e. The van der Waals surface area contributed by atoms with Crippen molar-refractivity contribution < 1.29 is 9.53 Å². The summed E-state index contributed by atoms with van der Waals surface area (Å²) in [5.74, 6) is 1.20. The molecular weight excluding hydrogens is 322 g/mol. The van der Waals surface area contributed by atoms with Crippen LogP contribution in [0.1, 0.15) is 22.8 Å². The van der Waals surface area contributed by atoms with Crippen LogP contribution in [0.3, 0.4) is 0 Å². The van der Waals surface area contributed by atoms with Gasteiger partial charge in [-0.15, -0.1) is 0 Å². The Morgan fingerprint density at radius 2 is 1.83 bits per heavy atom. The molecular formula is C18H17N3O2S. The normalized spacial score (nSPS) is 10.4. The molecule has 122 valence electrons. The molecule has 1 heterocycles. The van der Waals surface area contributed by atoms with Gasteiger partial charge in [0.05, 0.1) is 6.61 Å². The highest BCUT2D eigenvalue weighted by Crippen LogP contribution is 2.23. The average Bonchev–Trinajstić information content (AvgIpc) is 3.05. The molecule has 0 radical (unpaired) electrons. The molecule has 2 aromatic carbocycles. The molecule has 1 aromatic heterocycles. The van der Waals surface area contributed by atoms with Crippen LogP contribution in [0.4, 0.5) is 5.13 Å². The summed E-state index contributed by atoms with van der Waals surface area (Å²) in [6, 6.07) is 14.9. The fourth-order valence-corrected chi connectivity index (χ4v) is 2.72. The zero-order valence-electron chi connectivity index (χ0n) is 13.4. The van der Waals surface area contributed by atoms with Crippen molar-refractivity contribution >= 4 is 22.6 Å². The molecule has 0 unspecified atom stereocenters. The third kappa shape index (κ3) is 3.78. The molecule has 3 aromatic rings. The van der Waals surface area contributed by atoms with Crippen molar-refractivity contribution in [2.24, 2.45) is 0 Å². The summed E-state index contributed by atoms with van der Waals surface area (Å²) < 4.78 is 9.71. The summed E-state index contributed by atoms with van der Waals surface area (Å²) in [4.78, 5) is 16.6. The van der Waals surface area contributed by atoms with Gasteiger partial charge in [0.2, 0.25) is 5.13 Å². The lowest BCUT2D eigenvalue weighted by Crippen LogP contribution is -2.11. The van der Waals surface area contributed by atoms with Gasteiger partial charge in [-0.1, -0.05) is 17.7 Å². The average molecular weight is 339 g/mol. The van der Waals surface area contributed by atoms with Crippen LogP contribution in [0.25, 0.3) is 11.4 Å². The number of aromatic nitrogens is 2. The van der Waals surface area contributed by atoms with Gasteiger partial charge in [-0.25, -0.2) is 0 Å². The lowest BCUT2D eigenvalue weighted by Gasteiger charge is -2.03. The standard InChI is InChI=1S/C18H17N3O2S/c1-3-23-15-10-8-13(9-11-15)16-19-18(24-21-16)20-17(22)14-6-4-12(2)5-7-14/h4-11H,3H2,1-2H3,(H,19,20,21,22). The van der Waals surface area contributed by atoms with E-state index in [9.17, 15) is 4.79 Å². The van der Waals surface area contributed by atoms with Crippen LogP contribution in [0, 0.1) is 6.92 Å². The third-order valence-corrected chi connectivity index (χ3v) is 4.01. The maximum Gasteiger partial charge on any atom is 0.257 e. The maximum absolute atomic E-state index is 12.2. The summed E-state index contributed by atoms with van der Waals surface area (Å²) in [7, 11) is 0. The minimum absolute atomic E-state index is 0.190. The van der Waals surface area contributed by atoms with Crippen LogP contribution >= 0.6 is 11.5 Å². The van der Waals surface area contributed by atoms with Crippen LogP contribution in [0.15, 0.2) is 48.5 Å². The second kappa shape index (κ2) is 7.23. The van der Waals surface area contributed by atoms with Crippen molar-refractivity contribution in [3.8, 4) is 17.1 Å². The van der Waals surface area contributed by atoms with Gasteiger partial charge >= 0.3 is 0 Å². The second-order valence-corrected chi connectivity index (χ2v) is 5.95. The lowest BCUT2D eigenvalue weighted by atomic mass is 10.1. The van der Waals surface area contributed by atoms with E-state index in [1.165, 1.54) is 0 Å². The molecule has 5 nitrogen and oxygen atoms in total. The molecule has 0 aliphatic heterocycles. The number of benzene rings is 2. The summed E-state index contributed by atoms with van der Waals surface area (Å²) in [5.41, 5.74) is 2.59. The first-order valence-corrected chi connectivity index (χ1v) is 8.38. The number of rotatable bonds is 5. The molecule has 0 bridgehead atoms. The van der Waals surface area contributed by atoms with Crippen molar-refractivity contribution in [3.05, 3.63) is 59.7 Å². The Morgan fingerprint density at radius 1 is 1.12 bits per heavy atom. The van der Waals surface area contributed by atoms with E-state index in [0.29, 0.717) is 23.1 Å². The molecule has 6 heteroatoms. The smallest absolute Gasteiger partial charge is 0.257 e. The molecule has 0 aliphatic rings. The highest BCUT2D eigenvalue weighted by molar-refractivity contribution is 7.10. The fraction of sp³-hybridized carbons (Fsp3) is 0.167. The lowest BCUT2D eigenvalue weighted by molar-refractivity contribution is 0.102. The molecule has 1 N–H and O–H groups in total. The fourth-order valence-electron chi connectivity index (χ4n) is 2.13. The second-order valence-electron chi connectivity index (χ2n) is 5.20. The molecule has 0 fully saturated rings. The van der Waals surface area contributed by atoms with E-state index in [1.54, 1.807) is 12.1 Å². The van der Waals surface area contributed by atoms with Crippen molar-refractivity contribution in [2.45, 2.75) is 13.8 Å². The number of nitrogens with one attached hydrogen (secondary N) is 1. The molecule has 24 heavy (non-hydrogen) atoms. The Morgan fingerprint density at radius 3 is 2.50 bits per heavy atom. The van der Waals surface area contributed by atoms with Crippen molar-refractivity contribution in [1.82, 2.24) is 9.36 Å². The predicted molar refractivity (Wildman–Crippen MR) is 95.6 cm³/mol. The molecule has 0 saturated carbocycles.